The molecule has 1 fully saturated rings. The zero-order valence-corrected chi connectivity index (χ0v) is 11.5. The zero-order valence-electron chi connectivity index (χ0n) is 9.85. The number of carboxylic acids is 1. The lowest BCUT2D eigenvalue weighted by molar-refractivity contribution is -0.136. The van der Waals surface area contributed by atoms with Crippen LogP contribution in [0.5, 0.6) is 0 Å². The lowest BCUT2D eigenvalue weighted by Gasteiger charge is -2.36. The van der Waals surface area contributed by atoms with Gasteiger partial charge in [0.05, 0.1) is 27.9 Å². The topological polar surface area (TPSA) is 97.7 Å². The van der Waals surface area contributed by atoms with Crippen molar-refractivity contribution in [1.82, 2.24) is 4.31 Å². The van der Waals surface area contributed by atoms with Gasteiger partial charge in [-0.1, -0.05) is 25.3 Å². The van der Waals surface area contributed by atoms with E-state index in [2.05, 4.69) is 13.2 Å². The molecule has 0 aliphatic carbocycles. The summed E-state index contributed by atoms with van der Waals surface area (Å²) in [6, 6.07) is 0. The Morgan fingerprint density at radius 1 is 1.47 bits per heavy atom. The lowest BCUT2D eigenvalue weighted by Crippen LogP contribution is -2.45. The van der Waals surface area contributed by atoms with Crippen LogP contribution in [-0.2, 0) is 26.9 Å². The second kappa shape index (κ2) is 6.60. The molecule has 0 aromatic heterocycles. The summed E-state index contributed by atoms with van der Waals surface area (Å²) in [4.78, 5) is 11.1. The first-order valence-corrected chi connectivity index (χ1v) is 7.34. The molecule has 0 saturated carbocycles. The Kier molecular flexibility index (Phi) is 5.40. The summed E-state index contributed by atoms with van der Waals surface area (Å²) >= 11 is -2.67. The van der Waals surface area contributed by atoms with Crippen molar-refractivity contribution in [2.45, 2.75) is 5.25 Å². The molecule has 19 heavy (non-hydrogen) atoms. The van der Waals surface area contributed by atoms with E-state index in [-0.39, 0.29) is 17.1 Å². The standard InChI is InChI=1S/C11H13NO5S2/c1-3-5-8-9(6-4-2)18(15)10(11(13)14)7-12(8)19(16)17/h3-6,10H,1-2,7H2,(H,13,14)(H,16,17)/p-1/b8-5?,9-6+/t10-,18?/m1/s1. The van der Waals surface area contributed by atoms with Crippen LogP contribution < -0.4 is 0 Å². The lowest BCUT2D eigenvalue weighted by atomic mass is 10.3. The molecular formula is C11H12NO5S2-. The first-order chi connectivity index (χ1) is 8.93. The summed E-state index contributed by atoms with van der Waals surface area (Å²) in [7, 11) is -1.86. The van der Waals surface area contributed by atoms with E-state index in [1.54, 1.807) is 0 Å². The molecule has 1 heterocycles. The maximum Gasteiger partial charge on any atom is 0.321 e. The van der Waals surface area contributed by atoms with Crippen molar-refractivity contribution in [2.75, 3.05) is 6.54 Å². The van der Waals surface area contributed by atoms with Gasteiger partial charge in [-0.05, 0) is 12.2 Å². The van der Waals surface area contributed by atoms with Crippen molar-refractivity contribution in [3.8, 4) is 0 Å². The van der Waals surface area contributed by atoms with Gasteiger partial charge in [0.25, 0.3) is 0 Å². The van der Waals surface area contributed by atoms with Crippen LogP contribution >= 0.6 is 0 Å². The van der Waals surface area contributed by atoms with Crippen LogP contribution in [0.2, 0.25) is 0 Å². The molecule has 1 aliphatic heterocycles. The van der Waals surface area contributed by atoms with E-state index >= 15 is 0 Å². The highest BCUT2D eigenvalue weighted by Crippen LogP contribution is 2.29. The molecule has 3 atom stereocenters. The van der Waals surface area contributed by atoms with Gasteiger partial charge in [0.2, 0.25) is 0 Å². The molecular weight excluding hydrogens is 290 g/mol. The Bertz CT molecular complexity index is 523. The van der Waals surface area contributed by atoms with Crippen LogP contribution in [-0.4, -0.2) is 40.1 Å². The van der Waals surface area contributed by atoms with Crippen LogP contribution in [0, 0.1) is 0 Å². The number of carbonyl (C=O) groups is 1. The smallest absolute Gasteiger partial charge is 0.321 e. The van der Waals surface area contributed by atoms with Crippen molar-refractivity contribution >= 4 is 28.0 Å². The average molecular weight is 302 g/mol. The summed E-state index contributed by atoms with van der Waals surface area (Å²) in [6.07, 6.45) is 5.35. The molecule has 104 valence electrons. The third-order valence-electron chi connectivity index (χ3n) is 2.33. The molecule has 0 aromatic rings. The molecule has 2 unspecified atom stereocenters. The van der Waals surface area contributed by atoms with E-state index in [1.165, 1.54) is 24.3 Å². The maximum absolute atomic E-state index is 12.1. The summed E-state index contributed by atoms with van der Waals surface area (Å²) in [5.74, 6) is -1.32. The van der Waals surface area contributed by atoms with Crippen molar-refractivity contribution in [3.05, 3.63) is 48.1 Å². The maximum atomic E-state index is 12.1. The van der Waals surface area contributed by atoms with Crippen LogP contribution in [0.4, 0.5) is 0 Å². The van der Waals surface area contributed by atoms with Crippen LogP contribution in [0.15, 0.2) is 48.1 Å². The van der Waals surface area contributed by atoms with Gasteiger partial charge >= 0.3 is 5.97 Å². The minimum atomic E-state index is -2.67. The van der Waals surface area contributed by atoms with Gasteiger partial charge in [-0.3, -0.25) is 17.5 Å². The first kappa shape index (κ1) is 15.5. The average Bonchev–Trinajstić information content (AvgIpc) is 2.33. The van der Waals surface area contributed by atoms with Gasteiger partial charge in [0.1, 0.15) is 0 Å². The minimum Gasteiger partial charge on any atom is -0.755 e. The van der Waals surface area contributed by atoms with Crippen LogP contribution in [0.3, 0.4) is 0 Å². The Morgan fingerprint density at radius 3 is 2.47 bits per heavy atom. The highest BCUT2D eigenvalue weighted by atomic mass is 32.2. The summed E-state index contributed by atoms with van der Waals surface area (Å²) in [6.45, 7) is 6.51. The molecule has 1 saturated heterocycles. The van der Waals surface area contributed by atoms with Gasteiger partial charge in [-0.25, -0.2) is 0 Å². The monoisotopic (exact) mass is 302 g/mol. The van der Waals surface area contributed by atoms with Crippen LogP contribution in [0.1, 0.15) is 0 Å². The summed E-state index contributed by atoms with van der Waals surface area (Å²) in [5.41, 5.74) is 0.138. The van der Waals surface area contributed by atoms with Crippen molar-refractivity contribution in [3.63, 3.8) is 0 Å². The van der Waals surface area contributed by atoms with Crippen LogP contribution in [0.25, 0.3) is 0 Å². The number of allylic oxidation sites excluding steroid dienone is 4. The quantitative estimate of drug-likeness (QED) is 0.760. The fourth-order valence-corrected chi connectivity index (χ4v) is 3.67. The van der Waals surface area contributed by atoms with Crippen molar-refractivity contribution in [2.24, 2.45) is 0 Å². The van der Waals surface area contributed by atoms with Crippen molar-refractivity contribution in [1.29, 1.82) is 0 Å². The summed E-state index contributed by atoms with van der Waals surface area (Å²) < 4.78 is 35.3. The number of aliphatic carboxylic acids is 1. The number of nitrogens with zero attached hydrogens (tertiary/aromatic N) is 1. The van der Waals surface area contributed by atoms with Gasteiger partial charge in [0.15, 0.2) is 5.25 Å². The third kappa shape index (κ3) is 3.28. The molecule has 0 spiro atoms. The fraction of sp³-hybridized carbons (Fsp3) is 0.182. The van der Waals surface area contributed by atoms with Gasteiger partial charge in [0, 0.05) is 11.3 Å². The molecule has 0 aromatic carbocycles. The Balaban J connectivity index is 3.39. The SMILES string of the molecule is C=CC=C1/C(=C\C=C)S(=O)[C@@H](C(=O)O)CN1S(=O)[O-]. The van der Waals surface area contributed by atoms with Gasteiger partial charge in [-0.2, -0.15) is 0 Å². The number of hydrogen-bond donors (Lipinski definition) is 1. The van der Waals surface area contributed by atoms with E-state index in [1.807, 2.05) is 0 Å². The highest BCUT2D eigenvalue weighted by Gasteiger charge is 2.38. The van der Waals surface area contributed by atoms with E-state index < -0.39 is 33.3 Å². The number of rotatable bonds is 4. The number of hydrogen-bond acceptors (Lipinski definition) is 4. The van der Waals surface area contributed by atoms with E-state index in [4.69, 9.17) is 5.11 Å². The normalized spacial score (nSPS) is 29.2. The Hall–Kier alpha value is -1.51. The van der Waals surface area contributed by atoms with Crippen molar-refractivity contribution < 1.29 is 22.9 Å². The van der Waals surface area contributed by atoms with Gasteiger partial charge < -0.3 is 9.66 Å². The fourth-order valence-electron chi connectivity index (χ4n) is 1.54. The molecule has 0 radical (unpaired) electrons. The molecule has 1 aliphatic rings. The third-order valence-corrected chi connectivity index (χ3v) is 4.68. The Morgan fingerprint density at radius 2 is 2.05 bits per heavy atom. The van der Waals surface area contributed by atoms with E-state index in [0.29, 0.717) is 0 Å². The zero-order chi connectivity index (χ0) is 14.6. The molecule has 0 amide bonds. The highest BCUT2D eigenvalue weighted by molar-refractivity contribution is 7.91. The Labute approximate surface area is 115 Å². The summed E-state index contributed by atoms with van der Waals surface area (Å²) in [5, 5.41) is 7.68. The first-order valence-electron chi connectivity index (χ1n) is 5.10. The van der Waals surface area contributed by atoms with E-state index in [9.17, 15) is 17.8 Å². The van der Waals surface area contributed by atoms with E-state index in [0.717, 1.165) is 4.31 Å². The second-order valence-electron chi connectivity index (χ2n) is 3.46. The van der Waals surface area contributed by atoms with Gasteiger partial charge in [-0.15, -0.1) is 0 Å². The number of carboxylic acid groups (broad SMARTS) is 1. The minimum absolute atomic E-state index is 0.0951. The molecule has 8 heteroatoms. The molecule has 6 nitrogen and oxygen atoms in total. The molecule has 0 bridgehead atoms. The molecule has 1 rings (SSSR count). The predicted molar refractivity (Wildman–Crippen MR) is 71.8 cm³/mol. The molecule has 1 N–H and O–H groups in total. The largest absolute Gasteiger partial charge is 0.755 e. The predicted octanol–water partition coefficient (Wildman–Crippen LogP) is 0.438. The second-order valence-corrected chi connectivity index (χ2v) is 5.94.